The highest BCUT2D eigenvalue weighted by Gasteiger charge is 2.32. The third-order valence-corrected chi connectivity index (χ3v) is 3.08. The van der Waals surface area contributed by atoms with Gasteiger partial charge in [-0.2, -0.15) is 13.2 Å². The molecule has 0 aromatic carbocycles. The normalized spacial score (nSPS) is 12.3. The van der Waals surface area contributed by atoms with Crippen LogP contribution in [0.25, 0.3) is 11.1 Å². The van der Waals surface area contributed by atoms with Gasteiger partial charge < -0.3 is 0 Å². The van der Waals surface area contributed by atoms with Crippen molar-refractivity contribution in [2.24, 2.45) is 0 Å². The fourth-order valence-corrected chi connectivity index (χ4v) is 2.25. The van der Waals surface area contributed by atoms with Crippen molar-refractivity contribution in [1.82, 2.24) is 0 Å². The first-order valence-corrected chi connectivity index (χ1v) is 4.91. The first kappa shape index (κ1) is 9.52. The summed E-state index contributed by atoms with van der Waals surface area (Å²) in [5, 5.41) is 1.56. The third kappa shape index (κ3) is 1.50. The van der Waals surface area contributed by atoms with Gasteiger partial charge >= 0.3 is 6.18 Å². The van der Waals surface area contributed by atoms with Crippen LogP contribution in [0.15, 0.2) is 23.6 Å². The van der Waals surface area contributed by atoms with Gasteiger partial charge in [-0.05, 0) is 35.1 Å². The Morgan fingerprint density at radius 2 is 1.93 bits per heavy atom. The van der Waals surface area contributed by atoms with Gasteiger partial charge in [0.1, 0.15) is 4.88 Å². The van der Waals surface area contributed by atoms with Crippen molar-refractivity contribution in [1.29, 1.82) is 0 Å². The van der Waals surface area contributed by atoms with E-state index in [1.165, 1.54) is 6.07 Å². The van der Waals surface area contributed by atoms with Crippen molar-refractivity contribution in [2.75, 3.05) is 0 Å². The van der Waals surface area contributed by atoms with E-state index in [9.17, 15) is 13.2 Å². The molecule has 0 saturated heterocycles. The Kier molecular flexibility index (Phi) is 2.03. The minimum atomic E-state index is -4.23. The Morgan fingerprint density at radius 1 is 1.21 bits per heavy atom. The van der Waals surface area contributed by atoms with Gasteiger partial charge in [-0.15, -0.1) is 11.3 Å². The molecule has 1 aliphatic carbocycles. The summed E-state index contributed by atoms with van der Waals surface area (Å²) in [5.74, 6) is 0. The zero-order chi connectivity index (χ0) is 10.3. The predicted molar refractivity (Wildman–Crippen MR) is 50.7 cm³/mol. The number of halogens is 3. The molecule has 4 heteroatoms. The molecule has 0 amide bonds. The molecule has 0 nitrogen and oxygen atoms in total. The second-order valence-corrected chi connectivity index (χ2v) is 4.04. The summed E-state index contributed by atoms with van der Waals surface area (Å²) in [6, 6.07) is 4.75. The van der Waals surface area contributed by atoms with Crippen molar-refractivity contribution < 1.29 is 13.2 Å². The van der Waals surface area contributed by atoms with E-state index < -0.39 is 11.1 Å². The van der Waals surface area contributed by atoms with Crippen molar-refractivity contribution >= 4 is 11.3 Å². The Morgan fingerprint density at radius 3 is 2.57 bits per heavy atom. The fraction of sp³-hybridized carbons (Fsp3) is 0.200. The third-order valence-electron chi connectivity index (χ3n) is 2.12. The zero-order valence-electron chi connectivity index (χ0n) is 7.35. The summed E-state index contributed by atoms with van der Waals surface area (Å²) in [6.07, 6.45) is -4.23. The van der Waals surface area contributed by atoms with Gasteiger partial charge in [0.2, 0.25) is 0 Å². The van der Waals surface area contributed by atoms with Crippen molar-refractivity contribution in [3.05, 3.63) is 34.0 Å². The van der Waals surface area contributed by atoms with Crippen LogP contribution in [0.5, 0.6) is 0 Å². The Hall–Kier alpha value is -1.03. The predicted octanol–water partition coefficient (Wildman–Crippen LogP) is 4.18. The van der Waals surface area contributed by atoms with Crippen LogP contribution in [0.1, 0.15) is 10.4 Å². The second kappa shape index (κ2) is 2.98. The van der Waals surface area contributed by atoms with E-state index in [4.69, 9.17) is 0 Å². The zero-order valence-corrected chi connectivity index (χ0v) is 8.17. The molecule has 0 bridgehead atoms. The largest absolute Gasteiger partial charge is 0.425 e. The molecular formula is C10H7F3S. The average Bonchev–Trinajstić information content (AvgIpc) is 2.46. The van der Waals surface area contributed by atoms with Crippen LogP contribution in [-0.4, -0.2) is 0 Å². The molecule has 0 unspecified atom stereocenters. The van der Waals surface area contributed by atoms with Crippen LogP contribution in [0, 0.1) is 6.92 Å². The lowest BCUT2D eigenvalue weighted by Crippen LogP contribution is -2.02. The molecule has 14 heavy (non-hydrogen) atoms. The number of fused-ring (bicyclic) bond motifs is 1. The molecule has 2 rings (SSSR count). The first-order valence-electron chi connectivity index (χ1n) is 4.03. The monoisotopic (exact) mass is 216 g/mol. The van der Waals surface area contributed by atoms with Crippen LogP contribution < -0.4 is 0 Å². The van der Waals surface area contributed by atoms with Gasteiger partial charge in [-0.3, -0.25) is 0 Å². The summed E-state index contributed by atoms with van der Waals surface area (Å²) < 4.78 is 37.0. The second-order valence-electron chi connectivity index (χ2n) is 3.13. The molecule has 1 heterocycles. The highest BCUT2D eigenvalue weighted by molar-refractivity contribution is 7.10. The van der Waals surface area contributed by atoms with Crippen LogP contribution in [0.2, 0.25) is 0 Å². The molecule has 0 aromatic heterocycles. The molecule has 0 atom stereocenters. The SMILES string of the molecule is Cc1ccc2cc(C(F)(F)F)scc1-2. The molecular weight excluding hydrogens is 209 g/mol. The van der Waals surface area contributed by atoms with Crippen LogP contribution in [0.4, 0.5) is 13.2 Å². The summed E-state index contributed by atoms with van der Waals surface area (Å²) in [4.78, 5) is -0.546. The van der Waals surface area contributed by atoms with Crippen molar-refractivity contribution in [2.45, 2.75) is 13.1 Å². The fourth-order valence-electron chi connectivity index (χ4n) is 1.36. The van der Waals surface area contributed by atoms with Crippen molar-refractivity contribution in [3.63, 3.8) is 0 Å². The van der Waals surface area contributed by atoms with Gasteiger partial charge in [-0.1, -0.05) is 12.1 Å². The molecule has 0 aromatic rings. The topological polar surface area (TPSA) is 0 Å². The van der Waals surface area contributed by atoms with Crippen LogP contribution in [0.3, 0.4) is 0 Å². The van der Waals surface area contributed by atoms with E-state index in [2.05, 4.69) is 0 Å². The highest BCUT2D eigenvalue weighted by Crippen LogP contribution is 2.38. The van der Waals surface area contributed by atoms with Crippen LogP contribution in [-0.2, 0) is 6.18 Å². The summed E-state index contributed by atoms with van der Waals surface area (Å²) in [5.41, 5.74) is 2.58. The molecule has 0 N–H and O–H groups in total. The van der Waals surface area contributed by atoms with E-state index in [-0.39, 0.29) is 0 Å². The molecule has 0 fully saturated rings. The number of rotatable bonds is 0. The maximum atomic E-state index is 12.3. The molecule has 0 spiro atoms. The number of aryl methyl sites for hydroxylation is 1. The van der Waals surface area contributed by atoms with E-state index in [0.717, 1.165) is 22.5 Å². The summed E-state index contributed by atoms with van der Waals surface area (Å²) in [7, 11) is 0. The maximum absolute atomic E-state index is 12.3. The van der Waals surface area contributed by atoms with Gasteiger partial charge in [0.05, 0.1) is 0 Å². The van der Waals surface area contributed by atoms with E-state index >= 15 is 0 Å². The molecule has 0 radical (unpaired) electrons. The Labute approximate surface area is 83.3 Å². The van der Waals surface area contributed by atoms with Gasteiger partial charge in [-0.25, -0.2) is 0 Å². The van der Waals surface area contributed by atoms with Crippen LogP contribution >= 0.6 is 11.3 Å². The smallest absolute Gasteiger partial charge is 0.165 e. The average molecular weight is 216 g/mol. The number of alkyl halides is 3. The quantitative estimate of drug-likeness (QED) is 0.619. The van der Waals surface area contributed by atoms with E-state index in [1.54, 1.807) is 11.4 Å². The number of hydrogen-bond acceptors (Lipinski definition) is 1. The molecule has 74 valence electrons. The van der Waals surface area contributed by atoms with E-state index in [1.807, 2.05) is 13.0 Å². The molecule has 1 aliphatic heterocycles. The standard InChI is InChI=1S/C10H7F3S/c1-6-2-3-7-4-9(10(11,12)13)14-5-8(6)7/h2-5H,1H3. The maximum Gasteiger partial charge on any atom is 0.425 e. The lowest BCUT2D eigenvalue weighted by atomic mass is 10.1. The van der Waals surface area contributed by atoms with Crippen molar-refractivity contribution in [3.8, 4) is 11.1 Å². The van der Waals surface area contributed by atoms with E-state index in [0.29, 0.717) is 5.56 Å². The molecule has 2 aliphatic rings. The minimum absolute atomic E-state index is 0.546. The lowest BCUT2D eigenvalue weighted by molar-refractivity contribution is -0.134. The minimum Gasteiger partial charge on any atom is -0.165 e. The summed E-state index contributed by atoms with van der Waals surface area (Å²) >= 11 is 0.743. The Balaban J connectivity index is 2.58. The highest BCUT2D eigenvalue weighted by atomic mass is 32.1. The first-order chi connectivity index (χ1) is 6.48. The molecule has 0 saturated carbocycles. The van der Waals surface area contributed by atoms with Gasteiger partial charge in [0, 0.05) is 0 Å². The number of hydrogen-bond donors (Lipinski definition) is 0. The van der Waals surface area contributed by atoms with Gasteiger partial charge in [0.15, 0.2) is 0 Å². The Bertz CT molecular complexity index is 428. The summed E-state index contributed by atoms with van der Waals surface area (Å²) in [6.45, 7) is 1.89. The lowest BCUT2D eigenvalue weighted by Gasteiger charge is -2.07. The van der Waals surface area contributed by atoms with Gasteiger partial charge in [0.25, 0.3) is 0 Å².